The predicted octanol–water partition coefficient (Wildman–Crippen LogP) is 0.774. The fourth-order valence-corrected chi connectivity index (χ4v) is 2.16. The van der Waals surface area contributed by atoms with Crippen molar-refractivity contribution in [2.24, 2.45) is 0 Å². The molecule has 0 radical (unpaired) electrons. The van der Waals surface area contributed by atoms with Gasteiger partial charge in [-0.25, -0.2) is 4.79 Å². The van der Waals surface area contributed by atoms with Crippen molar-refractivity contribution in [1.29, 1.82) is 0 Å². The van der Waals surface area contributed by atoms with Crippen molar-refractivity contribution >= 4 is 11.9 Å². The van der Waals surface area contributed by atoms with Crippen molar-refractivity contribution in [3.63, 3.8) is 0 Å². The average Bonchev–Trinajstić information content (AvgIpc) is 2.54. The van der Waals surface area contributed by atoms with Gasteiger partial charge in [-0.05, 0) is 31.2 Å². The van der Waals surface area contributed by atoms with E-state index in [2.05, 4.69) is 0 Å². The summed E-state index contributed by atoms with van der Waals surface area (Å²) >= 11 is 0. The number of ether oxygens (including phenoxy) is 3. The van der Waals surface area contributed by atoms with Gasteiger partial charge in [-0.3, -0.25) is 4.79 Å². The van der Waals surface area contributed by atoms with Crippen LogP contribution in [0.2, 0.25) is 0 Å². The van der Waals surface area contributed by atoms with E-state index in [1.54, 1.807) is 38.3 Å². The molecule has 2 unspecified atom stereocenters. The van der Waals surface area contributed by atoms with Crippen LogP contribution < -0.4 is 9.47 Å². The Labute approximate surface area is 128 Å². The van der Waals surface area contributed by atoms with Gasteiger partial charge in [-0.1, -0.05) is 0 Å². The monoisotopic (exact) mass is 309 g/mol. The standard InChI is InChI=1S/C15H19NO6/c1-10(22-12-5-3-11(20-2)4-6-12)14(17)16-7-8-21-13(9-16)15(18)19/h3-6,10,13H,7-9H2,1-2H3,(H,18,19). The van der Waals surface area contributed by atoms with Gasteiger partial charge in [-0.15, -0.1) is 0 Å². The van der Waals surface area contributed by atoms with Crippen molar-refractivity contribution in [1.82, 2.24) is 4.90 Å². The number of carboxylic acids is 1. The number of rotatable bonds is 5. The van der Waals surface area contributed by atoms with Gasteiger partial charge in [0.2, 0.25) is 0 Å². The van der Waals surface area contributed by atoms with Crippen LogP contribution in [0.1, 0.15) is 6.92 Å². The quantitative estimate of drug-likeness (QED) is 0.865. The molecule has 2 rings (SSSR count). The highest BCUT2D eigenvalue weighted by molar-refractivity contribution is 5.82. The molecule has 0 aliphatic carbocycles. The van der Waals surface area contributed by atoms with E-state index >= 15 is 0 Å². The first-order valence-electron chi connectivity index (χ1n) is 6.95. The first-order chi connectivity index (χ1) is 10.5. The number of hydrogen-bond donors (Lipinski definition) is 1. The molecule has 0 bridgehead atoms. The van der Waals surface area contributed by atoms with E-state index in [1.807, 2.05) is 0 Å². The number of carbonyl (C=O) groups excluding carboxylic acids is 1. The highest BCUT2D eigenvalue weighted by atomic mass is 16.5. The third-order valence-electron chi connectivity index (χ3n) is 3.37. The molecule has 7 heteroatoms. The minimum Gasteiger partial charge on any atom is -0.497 e. The summed E-state index contributed by atoms with van der Waals surface area (Å²) in [7, 11) is 1.57. The molecule has 1 aromatic rings. The third-order valence-corrected chi connectivity index (χ3v) is 3.37. The molecule has 1 fully saturated rings. The highest BCUT2D eigenvalue weighted by Crippen LogP contribution is 2.19. The van der Waals surface area contributed by atoms with Crippen LogP contribution in [-0.4, -0.2) is 60.9 Å². The van der Waals surface area contributed by atoms with E-state index in [1.165, 1.54) is 4.90 Å². The Kier molecular flexibility index (Phi) is 5.21. The van der Waals surface area contributed by atoms with Gasteiger partial charge in [0.05, 0.1) is 20.3 Å². The van der Waals surface area contributed by atoms with Gasteiger partial charge in [-0.2, -0.15) is 0 Å². The summed E-state index contributed by atoms with van der Waals surface area (Å²) in [4.78, 5) is 24.7. The van der Waals surface area contributed by atoms with Gasteiger partial charge in [0, 0.05) is 6.54 Å². The van der Waals surface area contributed by atoms with Crippen LogP contribution in [0, 0.1) is 0 Å². The Bertz CT molecular complexity index is 529. The molecule has 1 aliphatic heterocycles. The molecule has 22 heavy (non-hydrogen) atoms. The molecule has 0 saturated carbocycles. The van der Waals surface area contributed by atoms with E-state index in [0.717, 1.165) is 0 Å². The lowest BCUT2D eigenvalue weighted by molar-refractivity contribution is -0.161. The van der Waals surface area contributed by atoms with E-state index in [4.69, 9.17) is 19.3 Å². The fourth-order valence-electron chi connectivity index (χ4n) is 2.16. The van der Waals surface area contributed by atoms with Crippen molar-refractivity contribution in [2.45, 2.75) is 19.1 Å². The van der Waals surface area contributed by atoms with E-state index in [9.17, 15) is 9.59 Å². The number of nitrogens with zero attached hydrogens (tertiary/aromatic N) is 1. The highest BCUT2D eigenvalue weighted by Gasteiger charge is 2.31. The Hall–Kier alpha value is -2.28. The third kappa shape index (κ3) is 3.88. The molecule has 1 aliphatic rings. The smallest absolute Gasteiger partial charge is 0.334 e. The van der Waals surface area contributed by atoms with Gasteiger partial charge in [0.1, 0.15) is 11.5 Å². The topological polar surface area (TPSA) is 85.3 Å². The Balaban J connectivity index is 1.94. The second-order valence-corrected chi connectivity index (χ2v) is 4.92. The van der Waals surface area contributed by atoms with E-state index in [-0.39, 0.29) is 19.1 Å². The molecule has 2 atom stereocenters. The second kappa shape index (κ2) is 7.13. The lowest BCUT2D eigenvalue weighted by Gasteiger charge is -2.32. The molecule has 1 aromatic carbocycles. The van der Waals surface area contributed by atoms with Crippen LogP contribution in [0.15, 0.2) is 24.3 Å². The molecule has 1 N–H and O–H groups in total. The van der Waals surface area contributed by atoms with Gasteiger partial charge in [0.25, 0.3) is 5.91 Å². The number of amides is 1. The average molecular weight is 309 g/mol. The molecular weight excluding hydrogens is 290 g/mol. The first-order valence-corrected chi connectivity index (χ1v) is 6.95. The lowest BCUT2D eigenvalue weighted by atomic mass is 10.2. The number of hydrogen-bond acceptors (Lipinski definition) is 5. The van der Waals surface area contributed by atoms with Crippen LogP contribution in [-0.2, 0) is 14.3 Å². The summed E-state index contributed by atoms with van der Waals surface area (Å²) in [5.41, 5.74) is 0. The molecule has 0 spiro atoms. The zero-order valence-corrected chi connectivity index (χ0v) is 12.5. The molecule has 1 heterocycles. The van der Waals surface area contributed by atoms with Gasteiger partial charge >= 0.3 is 5.97 Å². The Morgan fingerprint density at radius 2 is 1.95 bits per heavy atom. The summed E-state index contributed by atoms with van der Waals surface area (Å²) in [6.07, 6.45) is -1.69. The summed E-state index contributed by atoms with van der Waals surface area (Å²) in [5, 5.41) is 8.95. The number of benzene rings is 1. The summed E-state index contributed by atoms with van der Waals surface area (Å²) < 4.78 is 15.7. The predicted molar refractivity (Wildman–Crippen MR) is 77.0 cm³/mol. The van der Waals surface area contributed by atoms with Crippen LogP contribution in [0.5, 0.6) is 11.5 Å². The van der Waals surface area contributed by atoms with Gasteiger partial charge in [0.15, 0.2) is 12.2 Å². The molecule has 1 saturated heterocycles. The number of methoxy groups -OCH3 is 1. The number of carboxylic acid groups (broad SMARTS) is 1. The summed E-state index contributed by atoms with van der Waals surface area (Å²) in [6, 6.07) is 6.90. The van der Waals surface area contributed by atoms with E-state index < -0.39 is 18.2 Å². The van der Waals surface area contributed by atoms with Crippen molar-refractivity contribution in [3.05, 3.63) is 24.3 Å². The molecule has 0 aromatic heterocycles. The van der Waals surface area contributed by atoms with Crippen LogP contribution >= 0.6 is 0 Å². The van der Waals surface area contributed by atoms with Gasteiger partial charge < -0.3 is 24.2 Å². The zero-order valence-electron chi connectivity index (χ0n) is 12.5. The maximum Gasteiger partial charge on any atom is 0.334 e. The second-order valence-electron chi connectivity index (χ2n) is 4.92. The van der Waals surface area contributed by atoms with Crippen molar-refractivity contribution in [3.8, 4) is 11.5 Å². The summed E-state index contributed by atoms with van der Waals surface area (Å²) in [5.74, 6) is -0.0832. The Morgan fingerprint density at radius 3 is 2.55 bits per heavy atom. The van der Waals surface area contributed by atoms with Crippen LogP contribution in [0.3, 0.4) is 0 Å². The SMILES string of the molecule is COc1ccc(OC(C)C(=O)N2CCOC(C(=O)O)C2)cc1. The number of carbonyl (C=O) groups is 2. The zero-order chi connectivity index (χ0) is 16.1. The minimum absolute atomic E-state index is 0.0322. The van der Waals surface area contributed by atoms with Crippen molar-refractivity contribution < 1.29 is 28.9 Å². The van der Waals surface area contributed by atoms with Crippen LogP contribution in [0.4, 0.5) is 0 Å². The fraction of sp³-hybridized carbons (Fsp3) is 0.467. The lowest BCUT2D eigenvalue weighted by Crippen LogP contribution is -2.51. The normalized spacial score (nSPS) is 19.4. The summed E-state index contributed by atoms with van der Waals surface area (Å²) in [6.45, 7) is 2.24. The molecule has 1 amide bonds. The number of aliphatic carboxylic acids is 1. The largest absolute Gasteiger partial charge is 0.497 e. The van der Waals surface area contributed by atoms with E-state index in [0.29, 0.717) is 18.0 Å². The molecular formula is C15H19NO6. The molecule has 120 valence electrons. The number of morpholine rings is 1. The van der Waals surface area contributed by atoms with Crippen LogP contribution in [0.25, 0.3) is 0 Å². The maximum atomic E-state index is 12.3. The first kappa shape index (κ1) is 16.1. The Morgan fingerprint density at radius 1 is 1.32 bits per heavy atom. The molecule has 7 nitrogen and oxygen atoms in total. The maximum absolute atomic E-state index is 12.3. The minimum atomic E-state index is -1.07. The van der Waals surface area contributed by atoms with Crippen molar-refractivity contribution in [2.75, 3.05) is 26.8 Å².